The lowest BCUT2D eigenvalue weighted by molar-refractivity contribution is -0.123. The summed E-state index contributed by atoms with van der Waals surface area (Å²) < 4.78 is 36.8. The smallest absolute Gasteiger partial charge is 0.301 e. The first-order valence-corrected chi connectivity index (χ1v) is 5.00. The quantitative estimate of drug-likeness (QED) is 0.705. The van der Waals surface area contributed by atoms with E-state index < -0.39 is 11.9 Å². The van der Waals surface area contributed by atoms with E-state index in [1.807, 2.05) is 0 Å². The fourth-order valence-electron chi connectivity index (χ4n) is 0.799. The van der Waals surface area contributed by atoms with Gasteiger partial charge in [-0.05, 0) is 11.9 Å². The Balaban J connectivity index is 2.24. The van der Waals surface area contributed by atoms with Gasteiger partial charge in [-0.3, -0.25) is 4.79 Å². The van der Waals surface area contributed by atoms with Crippen LogP contribution in [0.4, 0.5) is 13.2 Å². The van der Waals surface area contributed by atoms with Gasteiger partial charge in [0.2, 0.25) is 0 Å². The number of allylic oxidation sites excluding steroid dienone is 1. The summed E-state index contributed by atoms with van der Waals surface area (Å²) in [7, 11) is 0. The minimum atomic E-state index is -2.30. The third kappa shape index (κ3) is 4.39. The lowest BCUT2D eigenvalue weighted by Crippen LogP contribution is -2.25. The molecule has 0 atom stereocenters. The van der Waals surface area contributed by atoms with Crippen molar-refractivity contribution in [3.05, 3.63) is 24.2 Å². The molecule has 1 aliphatic heterocycles. The number of hydrogen-bond acceptors (Lipinski definition) is 4. The predicted molar refractivity (Wildman–Crippen MR) is 49.4 cm³/mol. The molecule has 0 aromatic carbocycles. The fourth-order valence-corrected chi connectivity index (χ4v) is 1.60. The third-order valence-electron chi connectivity index (χ3n) is 1.48. The molecule has 0 unspecified atom stereocenters. The van der Waals surface area contributed by atoms with Crippen LogP contribution in [0.15, 0.2) is 24.2 Å². The number of nitrogens with zero attached hydrogens (tertiary/aromatic N) is 1. The maximum absolute atomic E-state index is 12.3. The maximum Gasteiger partial charge on any atom is 0.301 e. The van der Waals surface area contributed by atoms with Crippen LogP contribution in [0.2, 0.25) is 0 Å². The second-order valence-corrected chi connectivity index (χ2v) is 3.69. The lowest BCUT2D eigenvalue weighted by atomic mass is 10.4. The van der Waals surface area contributed by atoms with Crippen LogP contribution in [0.25, 0.3) is 0 Å². The molecular weight excluding hydrogens is 231 g/mol. The van der Waals surface area contributed by atoms with Gasteiger partial charge >= 0.3 is 6.08 Å². The van der Waals surface area contributed by atoms with Crippen molar-refractivity contribution in [1.82, 2.24) is 4.47 Å². The molecule has 0 aromatic heterocycles. The number of ketones is 1. The fraction of sp³-hybridized carbons (Fsp3) is 0.375. The highest BCUT2D eigenvalue weighted by Crippen LogP contribution is 2.20. The van der Waals surface area contributed by atoms with E-state index in [2.05, 4.69) is 0 Å². The van der Waals surface area contributed by atoms with E-state index in [9.17, 15) is 18.0 Å². The second-order valence-electron chi connectivity index (χ2n) is 2.61. The van der Waals surface area contributed by atoms with Crippen molar-refractivity contribution >= 4 is 17.7 Å². The van der Waals surface area contributed by atoms with Gasteiger partial charge in [-0.2, -0.15) is 8.78 Å². The first kappa shape index (κ1) is 12.1. The molecule has 1 aliphatic rings. The summed E-state index contributed by atoms with van der Waals surface area (Å²) in [6.07, 6.45) is -0.226. The first-order valence-electron chi connectivity index (χ1n) is 4.06. The molecular formula is C8H8F3NO2S. The molecule has 0 aliphatic carbocycles. The minimum absolute atomic E-state index is 0.0323. The summed E-state index contributed by atoms with van der Waals surface area (Å²) in [5.41, 5.74) is 0. The van der Waals surface area contributed by atoms with Crippen molar-refractivity contribution in [2.75, 3.05) is 12.3 Å². The van der Waals surface area contributed by atoms with Crippen LogP contribution in [-0.4, -0.2) is 22.5 Å². The van der Waals surface area contributed by atoms with Gasteiger partial charge in [0.1, 0.15) is 12.8 Å². The van der Waals surface area contributed by atoms with Crippen LogP contribution >= 0.6 is 11.9 Å². The van der Waals surface area contributed by atoms with Gasteiger partial charge < -0.3 is 4.84 Å². The monoisotopic (exact) mass is 239 g/mol. The zero-order valence-electron chi connectivity index (χ0n) is 7.58. The molecule has 0 amide bonds. The Labute approximate surface area is 88.7 Å². The topological polar surface area (TPSA) is 29.5 Å². The van der Waals surface area contributed by atoms with Crippen LogP contribution < -0.4 is 0 Å². The molecule has 15 heavy (non-hydrogen) atoms. The van der Waals surface area contributed by atoms with Crippen molar-refractivity contribution < 1.29 is 22.8 Å². The first-order chi connectivity index (χ1) is 7.09. The molecule has 0 radical (unpaired) electrons. The molecule has 1 heterocycles. The molecule has 1 rings (SSSR count). The van der Waals surface area contributed by atoms with Crippen LogP contribution in [0.3, 0.4) is 0 Å². The van der Waals surface area contributed by atoms with E-state index in [1.54, 1.807) is 0 Å². The van der Waals surface area contributed by atoms with Gasteiger partial charge in [0.05, 0.1) is 0 Å². The summed E-state index contributed by atoms with van der Waals surface area (Å²) in [5.74, 6) is -1.49. The number of rotatable bonds is 4. The van der Waals surface area contributed by atoms with E-state index >= 15 is 0 Å². The van der Waals surface area contributed by atoms with Gasteiger partial charge in [-0.15, -0.1) is 0 Å². The summed E-state index contributed by atoms with van der Waals surface area (Å²) in [5, 5.41) is 0. The van der Waals surface area contributed by atoms with Crippen LogP contribution in [0, 0.1) is 0 Å². The number of carbonyl (C=O) groups is 1. The highest BCUT2D eigenvalue weighted by molar-refractivity contribution is 7.96. The van der Waals surface area contributed by atoms with Crippen molar-refractivity contribution in [2.24, 2.45) is 0 Å². The average molecular weight is 239 g/mol. The molecule has 0 N–H and O–H groups in total. The molecule has 0 saturated heterocycles. The Hall–Kier alpha value is -0.950. The van der Waals surface area contributed by atoms with Crippen molar-refractivity contribution in [3.63, 3.8) is 0 Å². The highest BCUT2D eigenvalue weighted by Gasteiger charge is 2.15. The predicted octanol–water partition coefficient (Wildman–Crippen LogP) is 2.43. The number of carbonyl (C=O) groups excluding carboxylic acids is 1. The summed E-state index contributed by atoms with van der Waals surface area (Å²) in [4.78, 5) is 15.7. The Morgan fingerprint density at radius 1 is 1.53 bits per heavy atom. The Morgan fingerprint density at radius 2 is 2.27 bits per heavy atom. The molecule has 0 fully saturated rings. The van der Waals surface area contributed by atoms with Crippen molar-refractivity contribution in [2.45, 2.75) is 6.42 Å². The van der Waals surface area contributed by atoms with E-state index in [1.165, 1.54) is 16.8 Å². The maximum atomic E-state index is 12.3. The lowest BCUT2D eigenvalue weighted by Gasteiger charge is -2.19. The van der Waals surface area contributed by atoms with E-state index in [0.717, 1.165) is 11.9 Å². The molecule has 0 bridgehead atoms. The molecule has 7 heteroatoms. The highest BCUT2D eigenvalue weighted by atomic mass is 32.2. The third-order valence-corrected chi connectivity index (χ3v) is 2.37. The number of halogens is 3. The number of hydrogen-bond donors (Lipinski definition) is 0. The van der Waals surface area contributed by atoms with Gasteiger partial charge in [-0.1, -0.05) is 4.47 Å². The standard InChI is InChI=1S/C8H8F3NO2S/c9-7(8(10)11)2-4-15-12-5-6(13)1-3-14-12/h1,3H,2,4-5H2. The van der Waals surface area contributed by atoms with Crippen LogP contribution in [-0.2, 0) is 9.63 Å². The molecule has 0 spiro atoms. The molecule has 0 saturated carbocycles. The normalized spacial score (nSPS) is 16.3. The van der Waals surface area contributed by atoms with Crippen molar-refractivity contribution in [1.29, 1.82) is 0 Å². The Bertz CT molecular complexity index is 302. The SMILES string of the molecule is O=C1C=CON(SCCC(F)=C(F)F)C1. The number of hydroxylamine groups is 1. The van der Waals surface area contributed by atoms with Gasteiger partial charge in [0.15, 0.2) is 11.6 Å². The van der Waals surface area contributed by atoms with Crippen molar-refractivity contribution in [3.8, 4) is 0 Å². The van der Waals surface area contributed by atoms with Gasteiger partial charge in [0, 0.05) is 18.2 Å². The minimum Gasteiger partial charge on any atom is -0.403 e. The summed E-state index contributed by atoms with van der Waals surface area (Å²) >= 11 is 0.978. The average Bonchev–Trinajstić information content (AvgIpc) is 2.17. The van der Waals surface area contributed by atoms with E-state index in [-0.39, 0.29) is 24.5 Å². The van der Waals surface area contributed by atoms with Crippen LogP contribution in [0.1, 0.15) is 6.42 Å². The zero-order chi connectivity index (χ0) is 11.3. The van der Waals surface area contributed by atoms with E-state index in [0.29, 0.717) is 0 Å². The van der Waals surface area contributed by atoms with E-state index in [4.69, 9.17) is 4.84 Å². The van der Waals surface area contributed by atoms with Crippen LogP contribution in [0.5, 0.6) is 0 Å². The van der Waals surface area contributed by atoms with Gasteiger partial charge in [-0.25, -0.2) is 4.39 Å². The molecule has 3 nitrogen and oxygen atoms in total. The Morgan fingerprint density at radius 3 is 2.87 bits per heavy atom. The Kier molecular flexibility index (Phi) is 4.70. The summed E-state index contributed by atoms with van der Waals surface area (Å²) in [6.45, 7) is 0.0323. The summed E-state index contributed by atoms with van der Waals surface area (Å²) in [6, 6.07) is 0. The van der Waals surface area contributed by atoms with Gasteiger partial charge in [0.25, 0.3) is 0 Å². The largest absolute Gasteiger partial charge is 0.403 e. The second kappa shape index (κ2) is 5.82. The molecule has 84 valence electrons. The molecule has 0 aromatic rings. The zero-order valence-corrected chi connectivity index (χ0v) is 8.40.